The summed E-state index contributed by atoms with van der Waals surface area (Å²) >= 11 is 3.51. The van der Waals surface area contributed by atoms with Gasteiger partial charge in [0, 0.05) is 9.89 Å². The second-order valence-electron chi connectivity index (χ2n) is 6.85. The van der Waals surface area contributed by atoms with Crippen LogP contribution in [-0.2, 0) is 5.41 Å². The molecule has 0 saturated heterocycles. The molecular formula is C22H20BrNO. The molecule has 1 aliphatic rings. The molecule has 0 bridgehead atoms. The van der Waals surface area contributed by atoms with Crippen LogP contribution in [0.3, 0.4) is 0 Å². The molecule has 3 heteroatoms. The van der Waals surface area contributed by atoms with Crippen molar-refractivity contribution < 1.29 is 5.11 Å². The second-order valence-corrected chi connectivity index (χ2v) is 7.77. The first-order chi connectivity index (χ1) is 12.1. The molecular weight excluding hydrogens is 374 g/mol. The zero-order valence-electron chi connectivity index (χ0n) is 14.0. The van der Waals surface area contributed by atoms with Crippen molar-refractivity contribution in [3.8, 4) is 5.75 Å². The predicted octanol–water partition coefficient (Wildman–Crippen LogP) is 6.02. The minimum atomic E-state index is -0.168. The Labute approximate surface area is 156 Å². The first kappa shape index (κ1) is 16.2. The number of para-hydroxylation sites is 1. The third kappa shape index (κ3) is 2.83. The summed E-state index contributed by atoms with van der Waals surface area (Å²) in [6.07, 6.45) is 0.926. The number of hydrogen-bond donors (Lipinski definition) is 2. The van der Waals surface area contributed by atoms with E-state index in [4.69, 9.17) is 0 Å². The van der Waals surface area contributed by atoms with Gasteiger partial charge in [0.2, 0.25) is 0 Å². The number of halogens is 1. The highest BCUT2D eigenvalue weighted by Crippen LogP contribution is 2.50. The summed E-state index contributed by atoms with van der Waals surface area (Å²) in [4.78, 5) is 0. The third-order valence-electron chi connectivity index (χ3n) is 5.25. The fraction of sp³-hybridized carbons (Fsp3) is 0.182. The molecule has 1 heterocycles. The van der Waals surface area contributed by atoms with Gasteiger partial charge in [-0.15, -0.1) is 0 Å². The van der Waals surface area contributed by atoms with E-state index >= 15 is 0 Å². The second kappa shape index (κ2) is 6.23. The van der Waals surface area contributed by atoms with Crippen molar-refractivity contribution in [2.75, 3.05) is 5.32 Å². The smallest absolute Gasteiger partial charge is 0.139 e. The Kier molecular flexibility index (Phi) is 4.04. The lowest BCUT2D eigenvalue weighted by Crippen LogP contribution is -2.34. The molecule has 2 N–H and O–H groups in total. The van der Waals surface area contributed by atoms with E-state index in [0.29, 0.717) is 5.75 Å². The normalized spacial score (nSPS) is 22.1. The van der Waals surface area contributed by atoms with Crippen LogP contribution in [0.1, 0.15) is 36.1 Å². The highest BCUT2D eigenvalue weighted by molar-refractivity contribution is 9.10. The monoisotopic (exact) mass is 393 g/mol. The van der Waals surface area contributed by atoms with E-state index in [1.54, 1.807) is 6.07 Å². The summed E-state index contributed by atoms with van der Waals surface area (Å²) in [7, 11) is 0. The Morgan fingerprint density at radius 2 is 1.68 bits per heavy atom. The maximum absolute atomic E-state index is 10.5. The lowest BCUT2D eigenvalue weighted by Gasteiger charge is -2.42. The zero-order chi connectivity index (χ0) is 17.4. The average Bonchev–Trinajstić information content (AvgIpc) is 2.64. The van der Waals surface area contributed by atoms with Gasteiger partial charge in [0.15, 0.2) is 0 Å². The number of anilines is 1. The van der Waals surface area contributed by atoms with Crippen molar-refractivity contribution >= 4 is 21.6 Å². The molecule has 0 spiro atoms. The van der Waals surface area contributed by atoms with Crippen LogP contribution in [0.4, 0.5) is 5.69 Å². The van der Waals surface area contributed by atoms with Crippen molar-refractivity contribution in [3.63, 3.8) is 0 Å². The van der Waals surface area contributed by atoms with Crippen LogP contribution >= 0.6 is 15.9 Å². The molecule has 0 radical (unpaired) electrons. The Morgan fingerprint density at radius 1 is 0.960 bits per heavy atom. The van der Waals surface area contributed by atoms with Gasteiger partial charge in [-0.2, -0.15) is 0 Å². The van der Waals surface area contributed by atoms with Gasteiger partial charge >= 0.3 is 0 Å². The molecule has 0 aliphatic carbocycles. The van der Waals surface area contributed by atoms with Crippen LogP contribution in [-0.4, -0.2) is 5.11 Å². The van der Waals surface area contributed by atoms with Gasteiger partial charge in [0.05, 0.1) is 11.7 Å². The molecule has 2 nitrogen and oxygen atoms in total. The molecule has 2 atom stereocenters. The highest BCUT2D eigenvalue weighted by Gasteiger charge is 2.39. The van der Waals surface area contributed by atoms with E-state index in [9.17, 15) is 5.11 Å². The standard InChI is InChI=1S/C22H20BrNO/c1-22(16-6-3-2-4-7-16)14-19(15-10-12-17(23)13-11-15)24-21-18(22)8-5-9-20(21)25/h2-13,19,24-25H,14H2,1H3/t19-,22-/m0/s1. The minimum absolute atomic E-state index is 0.138. The predicted molar refractivity (Wildman–Crippen MR) is 106 cm³/mol. The van der Waals surface area contributed by atoms with Crippen LogP contribution in [0.15, 0.2) is 77.3 Å². The van der Waals surface area contributed by atoms with E-state index in [1.165, 1.54) is 11.1 Å². The molecule has 25 heavy (non-hydrogen) atoms. The quantitative estimate of drug-likeness (QED) is 0.521. The molecule has 0 unspecified atom stereocenters. The summed E-state index contributed by atoms with van der Waals surface area (Å²) in [5.74, 6) is 0.307. The van der Waals surface area contributed by atoms with E-state index in [1.807, 2.05) is 12.1 Å². The Balaban J connectivity index is 1.86. The van der Waals surface area contributed by atoms with Gasteiger partial charge in [-0.1, -0.05) is 77.5 Å². The Morgan fingerprint density at radius 3 is 2.40 bits per heavy atom. The first-order valence-corrected chi connectivity index (χ1v) is 9.27. The molecule has 3 aromatic carbocycles. The lowest BCUT2D eigenvalue weighted by molar-refractivity contribution is 0.438. The van der Waals surface area contributed by atoms with Crippen molar-refractivity contribution in [1.29, 1.82) is 0 Å². The average molecular weight is 394 g/mol. The molecule has 126 valence electrons. The number of nitrogens with one attached hydrogen (secondary N) is 1. The molecule has 4 rings (SSSR count). The fourth-order valence-electron chi connectivity index (χ4n) is 3.87. The van der Waals surface area contributed by atoms with Gasteiger partial charge in [0.1, 0.15) is 5.75 Å². The van der Waals surface area contributed by atoms with Gasteiger partial charge < -0.3 is 10.4 Å². The molecule has 0 fully saturated rings. The van der Waals surface area contributed by atoms with Crippen molar-refractivity contribution in [2.24, 2.45) is 0 Å². The van der Waals surface area contributed by atoms with Crippen molar-refractivity contribution in [1.82, 2.24) is 0 Å². The maximum Gasteiger partial charge on any atom is 0.139 e. The van der Waals surface area contributed by atoms with Crippen molar-refractivity contribution in [2.45, 2.75) is 24.8 Å². The summed E-state index contributed by atoms with van der Waals surface area (Å²) < 4.78 is 1.07. The van der Waals surface area contributed by atoms with E-state index in [0.717, 1.165) is 22.1 Å². The number of aromatic hydroxyl groups is 1. The number of phenolic OH excluding ortho intramolecular Hbond substituents is 1. The van der Waals surface area contributed by atoms with Gasteiger partial charge in [-0.05, 0) is 41.3 Å². The topological polar surface area (TPSA) is 32.3 Å². The maximum atomic E-state index is 10.5. The number of rotatable bonds is 2. The molecule has 0 aromatic heterocycles. The summed E-state index contributed by atoms with van der Waals surface area (Å²) in [6, 6.07) is 24.9. The number of phenols is 1. The van der Waals surface area contributed by atoms with E-state index in [-0.39, 0.29) is 11.5 Å². The summed E-state index contributed by atoms with van der Waals surface area (Å²) in [6.45, 7) is 2.27. The number of benzene rings is 3. The molecule has 0 amide bonds. The largest absolute Gasteiger partial charge is 0.506 e. The van der Waals surface area contributed by atoms with Crippen LogP contribution in [0.2, 0.25) is 0 Å². The highest BCUT2D eigenvalue weighted by atomic mass is 79.9. The SMILES string of the molecule is C[C@@]1(c2ccccc2)C[C@@H](c2ccc(Br)cc2)Nc2c(O)cccc21. The van der Waals surface area contributed by atoms with Crippen LogP contribution < -0.4 is 5.32 Å². The van der Waals surface area contributed by atoms with E-state index < -0.39 is 0 Å². The van der Waals surface area contributed by atoms with E-state index in [2.05, 4.69) is 82.8 Å². The molecule has 1 aliphatic heterocycles. The Bertz CT molecular complexity index is 892. The summed E-state index contributed by atoms with van der Waals surface area (Å²) in [5.41, 5.74) is 4.31. The van der Waals surface area contributed by atoms with Gasteiger partial charge in [-0.25, -0.2) is 0 Å². The third-order valence-corrected chi connectivity index (χ3v) is 5.78. The fourth-order valence-corrected chi connectivity index (χ4v) is 4.14. The number of hydrogen-bond acceptors (Lipinski definition) is 2. The molecule has 3 aromatic rings. The lowest BCUT2D eigenvalue weighted by atomic mass is 9.68. The van der Waals surface area contributed by atoms with Crippen LogP contribution in [0, 0.1) is 0 Å². The Hall–Kier alpha value is -2.26. The van der Waals surface area contributed by atoms with Crippen LogP contribution in [0.25, 0.3) is 0 Å². The summed E-state index contributed by atoms with van der Waals surface area (Å²) in [5, 5.41) is 14.0. The van der Waals surface area contributed by atoms with Gasteiger partial charge in [0.25, 0.3) is 0 Å². The minimum Gasteiger partial charge on any atom is -0.506 e. The molecule has 0 saturated carbocycles. The first-order valence-electron chi connectivity index (χ1n) is 8.48. The number of fused-ring (bicyclic) bond motifs is 1. The van der Waals surface area contributed by atoms with Crippen LogP contribution in [0.5, 0.6) is 5.75 Å². The van der Waals surface area contributed by atoms with Gasteiger partial charge in [-0.3, -0.25) is 0 Å². The van der Waals surface area contributed by atoms with Crippen molar-refractivity contribution in [3.05, 3.63) is 94.0 Å². The zero-order valence-corrected chi connectivity index (χ0v) is 15.6.